The van der Waals surface area contributed by atoms with Crippen LogP contribution in [0, 0.1) is 0 Å². The van der Waals surface area contributed by atoms with Crippen LogP contribution in [0.5, 0.6) is 0 Å². The number of hydrogen-bond donors (Lipinski definition) is 0. The van der Waals surface area contributed by atoms with Gasteiger partial charge < -0.3 is 8.85 Å². The number of hydrogen-bond acceptors (Lipinski definition) is 2. The van der Waals surface area contributed by atoms with Crippen LogP contribution in [-0.2, 0) is 8.85 Å². The molecular weight excluding hydrogens is 1300 g/mol. The van der Waals surface area contributed by atoms with Gasteiger partial charge in [-0.2, -0.15) is 0 Å². The molecule has 14 heteroatoms. The van der Waals surface area contributed by atoms with Crippen LogP contribution in [0.2, 0.25) is 167 Å². The Bertz CT molecular complexity index is 276. The Labute approximate surface area is 382 Å². The van der Waals surface area contributed by atoms with Crippen LogP contribution >= 0.6 is 0 Å². The second kappa shape index (κ2) is 87.7. The third-order valence-corrected chi connectivity index (χ3v) is 3.67. The van der Waals surface area contributed by atoms with Crippen molar-refractivity contribution in [2.45, 2.75) is 196 Å². The smallest absolute Gasteiger partial charge is 0 e. The Kier molecular flexibility index (Phi) is 199. The fraction of sp³-hybridized carbons (Fsp3) is 1.00. The van der Waals surface area contributed by atoms with E-state index in [0.29, 0.717) is 0 Å². The van der Waals surface area contributed by atoms with Crippen molar-refractivity contribution in [1.29, 1.82) is 0 Å². The number of rotatable bonds is 2. The van der Waals surface area contributed by atoms with E-state index in [1.165, 1.54) is 47.7 Å². The molecule has 0 aliphatic heterocycles. The molecule has 0 N–H and O–H groups in total. The summed E-state index contributed by atoms with van der Waals surface area (Å²) in [6.07, 6.45) is 0. The second-order valence-electron chi connectivity index (χ2n) is 13.6. The summed E-state index contributed by atoms with van der Waals surface area (Å²) in [4.78, 5) is 2.13. The molecule has 0 aliphatic carbocycles. The van der Waals surface area contributed by atoms with Crippen LogP contribution in [-0.4, -0.2) is 182 Å². The largest absolute Gasteiger partial charge is 0 e. The Balaban J connectivity index is -0.0000000155. The molecule has 2 nitrogen and oxygen atoms in total. The first-order valence-electron chi connectivity index (χ1n) is 14.4. The fourth-order valence-corrected chi connectivity index (χ4v) is 0. The van der Waals surface area contributed by atoms with Gasteiger partial charge in [0.2, 0.25) is 0 Å². The van der Waals surface area contributed by atoms with E-state index >= 15 is 0 Å². The van der Waals surface area contributed by atoms with Crippen molar-refractivity contribution in [3.63, 3.8) is 0 Å². The van der Waals surface area contributed by atoms with Gasteiger partial charge in [-0.15, -0.1) is 0 Å². The van der Waals surface area contributed by atoms with Crippen LogP contribution in [0.4, 0.5) is 0 Å². The molecule has 12 radical (unpaired) electrons. The van der Waals surface area contributed by atoms with Gasteiger partial charge in [0.15, 0.2) is 16.6 Å². The van der Waals surface area contributed by atoms with Crippen LogP contribution in [0.15, 0.2) is 0 Å². The van der Waals surface area contributed by atoms with Crippen LogP contribution in [0.3, 0.4) is 0 Å². The summed E-state index contributed by atoms with van der Waals surface area (Å²) < 4.78 is 12.3. The fourth-order valence-electron chi connectivity index (χ4n) is 0. The SMILES string of the molecule is C.C.C.C.CO[Si](C)(C)C.CO[Si](C)(C)C.C[Si](C)C.C[Si](C)C.C[Si](C)C.C[Si](C)C.C[Si](C)C.C[Si](C)C.[Bi].[CH3][BiH2].[CH3][SbH2].[Sb]. The first-order chi connectivity index (χ1) is 17.5. The molecular formula is C32H104Bi2O2Sb2Si8. The van der Waals surface area contributed by atoms with Crippen molar-refractivity contribution in [2.75, 3.05) is 14.2 Å². The second-order valence-corrected chi connectivity index (χ2v) is 40.9. The van der Waals surface area contributed by atoms with Gasteiger partial charge in [-0.25, -0.2) is 0 Å². The Morgan fingerprint density at radius 3 is 0.391 bits per heavy atom. The zero-order chi connectivity index (χ0) is 35.9. The maximum Gasteiger partial charge on any atom is 0 e. The summed E-state index contributed by atoms with van der Waals surface area (Å²) >= 11 is 2.52. The van der Waals surface area contributed by atoms with Crippen molar-refractivity contribution in [2.24, 2.45) is 0 Å². The van der Waals surface area contributed by atoms with Crippen LogP contribution in [0.1, 0.15) is 29.7 Å². The zero-order valence-electron chi connectivity index (χ0n) is 34.9. The van der Waals surface area contributed by atoms with Crippen LogP contribution < -0.4 is 0 Å². The zero-order valence-corrected chi connectivity index (χ0v) is 56.7. The van der Waals surface area contributed by atoms with Gasteiger partial charge in [-0.3, -0.25) is 0 Å². The molecule has 0 spiro atoms. The predicted octanol–water partition coefficient (Wildman–Crippen LogP) is 12.3. The Morgan fingerprint density at radius 1 is 0.370 bits per heavy atom. The average Bonchev–Trinajstić information content (AvgIpc) is 2.68. The molecule has 0 aromatic heterocycles. The summed E-state index contributed by atoms with van der Waals surface area (Å²) in [6.45, 7) is 53.8. The van der Waals surface area contributed by atoms with Crippen molar-refractivity contribution in [3.8, 4) is 0 Å². The van der Waals surface area contributed by atoms with Crippen molar-refractivity contribution in [3.05, 3.63) is 0 Å². The van der Waals surface area contributed by atoms with Crippen molar-refractivity contribution in [1.82, 2.24) is 0 Å². The third-order valence-electron chi connectivity index (χ3n) is 1.22. The Hall–Kier alpha value is 5.06. The summed E-state index contributed by atoms with van der Waals surface area (Å²) in [5.41, 5.74) is 0. The van der Waals surface area contributed by atoms with E-state index in [9.17, 15) is 0 Å². The normalized spacial score (nSPS) is 8.09. The van der Waals surface area contributed by atoms with Gasteiger partial charge in [0.1, 0.15) is 0 Å². The molecule has 0 atom stereocenters. The standard InChI is InChI=1S/2C4H12OSi.6C3H9Si.4CH4.2CH3.2Bi.2Sb.4H/c2*1-5-6(2,3)4;6*1-4(2)3;;;;;;;;;;;;;;/h2*1-4H3;6*1-3H3;4*1H4;2*1H3;;;;;;;;. The molecule has 0 fully saturated rings. The monoisotopic (exact) mass is 1400 g/mol. The van der Waals surface area contributed by atoms with Gasteiger partial charge in [-0.1, -0.05) is 148 Å². The molecule has 0 saturated heterocycles. The van der Waals surface area contributed by atoms with Crippen molar-refractivity contribution < 1.29 is 8.85 Å². The van der Waals surface area contributed by atoms with E-state index in [4.69, 9.17) is 8.85 Å². The molecule has 296 valence electrons. The van der Waals surface area contributed by atoms with E-state index in [-0.39, 0.29) is 133 Å². The molecule has 0 amide bonds. The van der Waals surface area contributed by atoms with Gasteiger partial charge in [0.25, 0.3) is 0 Å². The molecule has 0 aliphatic rings. The molecule has 0 rings (SSSR count). The molecule has 0 aromatic carbocycles. The summed E-state index contributed by atoms with van der Waals surface area (Å²) in [5.74, 6) is 0. The molecule has 0 bridgehead atoms. The minimum atomic E-state index is -1.13. The maximum atomic E-state index is 5.08. The first kappa shape index (κ1) is 104. The minimum Gasteiger partial charge on any atom is 0 e. The third kappa shape index (κ3) is 927. The molecule has 0 saturated carbocycles. The summed E-state index contributed by atoms with van der Waals surface area (Å²) in [5, 5.41) is 0. The predicted molar refractivity (Wildman–Crippen MR) is 268 cm³/mol. The quantitative estimate of drug-likeness (QED) is 0.257. The topological polar surface area (TPSA) is 18.5 Å². The molecule has 0 heterocycles. The average molecular weight is 1410 g/mol. The van der Waals surface area contributed by atoms with E-state index in [1.54, 1.807) is 14.2 Å². The van der Waals surface area contributed by atoms with Gasteiger partial charge in [0, 0.05) is 118 Å². The Morgan fingerprint density at radius 2 is 0.391 bits per heavy atom. The molecule has 0 unspecified atom stereocenters. The van der Waals surface area contributed by atoms with E-state index < -0.39 is 16.6 Å². The minimum absolute atomic E-state index is 0. The summed E-state index contributed by atoms with van der Waals surface area (Å²) in [7, 11) is 2.00. The van der Waals surface area contributed by atoms with Crippen molar-refractivity contribution >= 4 is 168 Å². The van der Waals surface area contributed by atoms with Crippen LogP contribution in [0.25, 0.3) is 0 Å². The van der Waals surface area contributed by atoms with E-state index in [1.807, 2.05) is 0 Å². The first-order valence-corrected chi connectivity index (χ1v) is 47.0. The maximum absolute atomic E-state index is 5.08. The molecule has 46 heavy (non-hydrogen) atoms. The van der Waals surface area contributed by atoms with E-state index in [2.05, 4.69) is 167 Å². The molecule has 0 aromatic rings. The van der Waals surface area contributed by atoms with Gasteiger partial charge in [-0.05, 0) is 39.3 Å². The van der Waals surface area contributed by atoms with Gasteiger partial charge in [0.05, 0.1) is 0 Å². The van der Waals surface area contributed by atoms with Gasteiger partial charge >= 0.3 is 57.2 Å². The van der Waals surface area contributed by atoms with E-state index in [0.717, 1.165) is 0 Å². The summed E-state index contributed by atoms with van der Waals surface area (Å²) in [6, 6.07) is 0.